The molecule has 3 aromatic rings. The fourth-order valence-electron chi connectivity index (χ4n) is 4.25. The Kier molecular flexibility index (Phi) is 3.70. The van der Waals surface area contributed by atoms with Crippen LogP contribution in [0.1, 0.15) is 53.7 Å². The summed E-state index contributed by atoms with van der Waals surface area (Å²) in [5, 5.41) is 3.01. The quantitative estimate of drug-likeness (QED) is 0.770. The summed E-state index contributed by atoms with van der Waals surface area (Å²) >= 11 is 0. The van der Waals surface area contributed by atoms with Gasteiger partial charge >= 0.3 is 5.69 Å². The second-order valence-corrected chi connectivity index (χ2v) is 7.55. The Hall–Kier alpha value is -2.83. The van der Waals surface area contributed by atoms with E-state index in [9.17, 15) is 9.59 Å². The van der Waals surface area contributed by atoms with E-state index in [0.29, 0.717) is 24.8 Å². The third-order valence-electron chi connectivity index (χ3n) is 5.70. The zero-order valence-electron chi connectivity index (χ0n) is 15.4. The highest BCUT2D eigenvalue weighted by molar-refractivity contribution is 5.93. The Morgan fingerprint density at radius 1 is 1.26 bits per heavy atom. The second-order valence-electron chi connectivity index (χ2n) is 7.55. The first kappa shape index (κ1) is 16.4. The highest BCUT2D eigenvalue weighted by atomic mass is 16.2. The van der Waals surface area contributed by atoms with Crippen LogP contribution in [0.3, 0.4) is 0 Å². The molecule has 1 amide bonds. The van der Waals surface area contributed by atoms with Crippen LogP contribution >= 0.6 is 0 Å². The number of imidazole rings is 2. The molecule has 27 heavy (non-hydrogen) atoms. The largest absolute Gasteiger partial charge is 0.343 e. The Morgan fingerprint density at radius 3 is 2.89 bits per heavy atom. The van der Waals surface area contributed by atoms with Crippen LogP contribution in [-0.4, -0.2) is 24.6 Å². The lowest BCUT2D eigenvalue weighted by Crippen LogP contribution is -2.29. The molecule has 0 radical (unpaired) electrons. The summed E-state index contributed by atoms with van der Waals surface area (Å²) in [6.45, 7) is 1.07. The van der Waals surface area contributed by atoms with Crippen molar-refractivity contribution in [2.75, 3.05) is 0 Å². The predicted molar refractivity (Wildman–Crippen MR) is 102 cm³/mol. The second kappa shape index (κ2) is 6.11. The number of benzene rings is 1. The molecule has 140 valence electrons. The van der Waals surface area contributed by atoms with Gasteiger partial charge in [0.15, 0.2) is 0 Å². The number of carbonyl (C=O) groups is 1. The molecule has 7 heteroatoms. The number of para-hydroxylation sites is 2. The fourth-order valence-corrected chi connectivity index (χ4v) is 4.25. The number of fused-ring (bicyclic) bond motifs is 2. The van der Waals surface area contributed by atoms with Gasteiger partial charge in [-0.15, -0.1) is 0 Å². The normalized spacial score (nSPS) is 16.5. The number of nitrogens with zero attached hydrogens (tertiary/aromatic N) is 4. The van der Waals surface area contributed by atoms with E-state index in [1.165, 1.54) is 4.57 Å². The maximum absolute atomic E-state index is 12.9. The van der Waals surface area contributed by atoms with E-state index < -0.39 is 0 Å². The Bertz CT molecular complexity index is 1100. The molecule has 1 aromatic carbocycles. The van der Waals surface area contributed by atoms with E-state index in [0.717, 1.165) is 54.7 Å². The van der Waals surface area contributed by atoms with E-state index in [1.54, 1.807) is 11.6 Å². The van der Waals surface area contributed by atoms with Crippen molar-refractivity contribution in [1.29, 1.82) is 0 Å². The third-order valence-corrected chi connectivity index (χ3v) is 5.70. The standard InChI is InChI=1S/C20H23N5O2/c1-23-18(16-8-4-5-11-24(16)20(23)27)19(26)21-12-17-22-14-6-2-3-7-15(14)25(17)13-9-10-13/h2-3,6-7,13H,4-5,8-12H2,1H3,(H,21,26). The first-order valence-corrected chi connectivity index (χ1v) is 9.67. The number of rotatable bonds is 4. The van der Waals surface area contributed by atoms with Gasteiger partial charge in [-0.3, -0.25) is 13.9 Å². The number of amides is 1. The van der Waals surface area contributed by atoms with Crippen molar-refractivity contribution in [2.45, 2.75) is 51.2 Å². The van der Waals surface area contributed by atoms with Gasteiger partial charge < -0.3 is 9.88 Å². The molecule has 1 fully saturated rings. The molecule has 3 heterocycles. The molecule has 2 aromatic heterocycles. The van der Waals surface area contributed by atoms with Gasteiger partial charge in [0.1, 0.15) is 11.5 Å². The van der Waals surface area contributed by atoms with E-state index in [2.05, 4.69) is 16.0 Å². The zero-order chi connectivity index (χ0) is 18.5. The summed E-state index contributed by atoms with van der Waals surface area (Å²) in [7, 11) is 1.68. The van der Waals surface area contributed by atoms with Crippen LogP contribution in [0, 0.1) is 0 Å². The van der Waals surface area contributed by atoms with Crippen LogP contribution in [0.15, 0.2) is 29.1 Å². The highest BCUT2D eigenvalue weighted by Crippen LogP contribution is 2.38. The smallest absolute Gasteiger partial charge is 0.328 e. The van der Waals surface area contributed by atoms with Gasteiger partial charge in [-0.25, -0.2) is 9.78 Å². The summed E-state index contributed by atoms with van der Waals surface area (Å²) in [5.41, 5.74) is 3.34. The average Bonchev–Trinajstić information content (AvgIpc) is 3.40. The van der Waals surface area contributed by atoms with Gasteiger partial charge in [0.05, 0.1) is 23.3 Å². The molecule has 1 aliphatic heterocycles. The number of hydrogen-bond donors (Lipinski definition) is 1. The third kappa shape index (κ3) is 2.60. The van der Waals surface area contributed by atoms with Crippen molar-refractivity contribution in [3.8, 4) is 0 Å². The molecule has 2 aliphatic rings. The molecule has 0 spiro atoms. The lowest BCUT2D eigenvalue weighted by molar-refractivity contribution is 0.0939. The molecule has 5 rings (SSSR count). The lowest BCUT2D eigenvalue weighted by Gasteiger charge is -2.14. The maximum Gasteiger partial charge on any atom is 0.328 e. The molecule has 1 N–H and O–H groups in total. The molecule has 7 nitrogen and oxygen atoms in total. The topological polar surface area (TPSA) is 73.8 Å². The monoisotopic (exact) mass is 365 g/mol. The Balaban J connectivity index is 1.45. The van der Waals surface area contributed by atoms with Crippen molar-refractivity contribution in [1.82, 2.24) is 24.0 Å². The van der Waals surface area contributed by atoms with Crippen LogP contribution < -0.4 is 11.0 Å². The molecule has 0 unspecified atom stereocenters. The van der Waals surface area contributed by atoms with E-state index >= 15 is 0 Å². The van der Waals surface area contributed by atoms with Crippen molar-refractivity contribution in [3.05, 3.63) is 52.0 Å². The lowest BCUT2D eigenvalue weighted by atomic mass is 10.1. The van der Waals surface area contributed by atoms with Gasteiger partial charge in [0.2, 0.25) is 0 Å². The van der Waals surface area contributed by atoms with Gasteiger partial charge in [0, 0.05) is 19.6 Å². The zero-order valence-corrected chi connectivity index (χ0v) is 15.4. The summed E-state index contributed by atoms with van der Waals surface area (Å²) in [5.74, 6) is 0.685. The fraction of sp³-hybridized carbons (Fsp3) is 0.450. The van der Waals surface area contributed by atoms with Crippen molar-refractivity contribution in [3.63, 3.8) is 0 Å². The van der Waals surface area contributed by atoms with Crippen LogP contribution in [0.25, 0.3) is 11.0 Å². The highest BCUT2D eigenvalue weighted by Gasteiger charge is 2.29. The predicted octanol–water partition coefficient (Wildman–Crippen LogP) is 2.14. The molecular weight excluding hydrogens is 342 g/mol. The summed E-state index contributed by atoms with van der Waals surface area (Å²) in [6, 6.07) is 8.58. The van der Waals surface area contributed by atoms with Crippen LogP contribution in [0.2, 0.25) is 0 Å². The molecule has 1 saturated carbocycles. The van der Waals surface area contributed by atoms with Crippen LogP contribution in [-0.2, 0) is 26.6 Å². The Morgan fingerprint density at radius 2 is 2.07 bits per heavy atom. The molecule has 1 aliphatic carbocycles. The average molecular weight is 365 g/mol. The van der Waals surface area contributed by atoms with E-state index in [1.807, 2.05) is 18.2 Å². The number of carbonyl (C=O) groups excluding carboxylic acids is 1. The van der Waals surface area contributed by atoms with Gasteiger partial charge in [-0.05, 0) is 44.2 Å². The SMILES string of the molecule is Cn1c(C(=O)NCc2nc3ccccc3n2C2CC2)c2n(c1=O)CCCC2. The molecule has 0 atom stereocenters. The summed E-state index contributed by atoms with van der Waals surface area (Å²) in [6.07, 6.45) is 5.09. The maximum atomic E-state index is 12.9. The first-order valence-electron chi connectivity index (χ1n) is 9.67. The minimum absolute atomic E-state index is 0.0972. The van der Waals surface area contributed by atoms with Crippen molar-refractivity contribution in [2.24, 2.45) is 7.05 Å². The summed E-state index contributed by atoms with van der Waals surface area (Å²) in [4.78, 5) is 30.1. The first-order chi connectivity index (χ1) is 13.1. The molecule has 0 bridgehead atoms. The van der Waals surface area contributed by atoms with E-state index in [-0.39, 0.29) is 11.6 Å². The molecular formula is C20H23N5O2. The number of nitrogens with one attached hydrogen (secondary N) is 1. The number of hydrogen-bond acceptors (Lipinski definition) is 3. The number of aromatic nitrogens is 4. The minimum Gasteiger partial charge on any atom is -0.343 e. The van der Waals surface area contributed by atoms with Crippen LogP contribution in [0.5, 0.6) is 0 Å². The van der Waals surface area contributed by atoms with E-state index in [4.69, 9.17) is 4.98 Å². The van der Waals surface area contributed by atoms with Gasteiger partial charge in [-0.2, -0.15) is 0 Å². The van der Waals surface area contributed by atoms with Gasteiger partial charge in [0.25, 0.3) is 5.91 Å². The van der Waals surface area contributed by atoms with Crippen LogP contribution in [0.4, 0.5) is 0 Å². The molecule has 0 saturated heterocycles. The van der Waals surface area contributed by atoms with Crippen molar-refractivity contribution < 1.29 is 4.79 Å². The van der Waals surface area contributed by atoms with Gasteiger partial charge in [-0.1, -0.05) is 12.1 Å². The Labute approximate surface area is 156 Å². The van der Waals surface area contributed by atoms with Crippen molar-refractivity contribution >= 4 is 16.9 Å². The minimum atomic E-state index is -0.195. The summed E-state index contributed by atoms with van der Waals surface area (Å²) < 4.78 is 5.49.